The van der Waals surface area contributed by atoms with E-state index in [1.807, 2.05) is 0 Å². The lowest BCUT2D eigenvalue weighted by molar-refractivity contribution is 0.279. The summed E-state index contributed by atoms with van der Waals surface area (Å²) in [5.41, 5.74) is 8.03. The summed E-state index contributed by atoms with van der Waals surface area (Å²) in [6.45, 7) is 4.51. The van der Waals surface area contributed by atoms with E-state index in [1.165, 1.54) is 50.6 Å². The maximum atomic E-state index is 6.59. The fraction of sp³-hybridized carbons (Fsp3) is 0.667. The molecule has 0 unspecified atom stereocenters. The molecule has 0 aliphatic heterocycles. The van der Waals surface area contributed by atoms with Gasteiger partial charge < -0.3 is 10.6 Å². The Morgan fingerprint density at radius 3 is 2.40 bits per heavy atom. The van der Waals surface area contributed by atoms with Crippen LogP contribution in [0.4, 0.5) is 5.69 Å². The third kappa shape index (κ3) is 4.52. The zero-order valence-electron chi connectivity index (χ0n) is 13.0. The molecule has 0 radical (unpaired) electrons. The summed E-state index contributed by atoms with van der Waals surface area (Å²) in [5.74, 6) is 0. The minimum absolute atomic E-state index is 0.0947. The minimum Gasteiger partial charge on any atom is -0.371 e. The number of hydrogen-bond acceptors (Lipinski definition) is 2. The molecule has 20 heavy (non-hydrogen) atoms. The Bertz CT molecular complexity index is 368. The molecule has 0 heterocycles. The molecule has 1 aromatic carbocycles. The number of anilines is 1. The monoisotopic (exact) mass is 274 g/mol. The first-order chi connectivity index (χ1) is 9.73. The number of nitrogens with zero attached hydrogens (tertiary/aromatic N) is 1. The summed E-state index contributed by atoms with van der Waals surface area (Å²) < 4.78 is 0. The number of rotatable bonds is 7. The molecule has 0 amide bonds. The number of unbranched alkanes of at least 4 members (excludes halogenated alkanes) is 1. The van der Waals surface area contributed by atoms with E-state index in [0.29, 0.717) is 0 Å². The molecule has 2 heteroatoms. The zero-order valence-corrected chi connectivity index (χ0v) is 13.0. The second kappa shape index (κ2) is 7.68. The summed E-state index contributed by atoms with van der Waals surface area (Å²) in [4.78, 5) is 2.52. The van der Waals surface area contributed by atoms with Crippen molar-refractivity contribution in [3.05, 3.63) is 30.3 Å². The summed E-state index contributed by atoms with van der Waals surface area (Å²) in [7, 11) is 0. The average molecular weight is 274 g/mol. The summed E-state index contributed by atoms with van der Waals surface area (Å²) in [6, 6.07) is 10.8. The van der Waals surface area contributed by atoms with Crippen molar-refractivity contribution in [3.8, 4) is 0 Å². The van der Waals surface area contributed by atoms with E-state index in [2.05, 4.69) is 42.2 Å². The van der Waals surface area contributed by atoms with E-state index in [-0.39, 0.29) is 5.54 Å². The van der Waals surface area contributed by atoms with Gasteiger partial charge in [-0.1, -0.05) is 50.8 Å². The minimum atomic E-state index is 0.0947. The first-order valence-electron chi connectivity index (χ1n) is 8.32. The van der Waals surface area contributed by atoms with Gasteiger partial charge >= 0.3 is 0 Å². The quantitative estimate of drug-likeness (QED) is 0.801. The predicted octanol–water partition coefficient (Wildman–Crippen LogP) is 4.34. The Morgan fingerprint density at radius 1 is 1.05 bits per heavy atom. The topological polar surface area (TPSA) is 29.3 Å². The van der Waals surface area contributed by atoms with Crippen LogP contribution in [0.2, 0.25) is 0 Å². The third-order valence-corrected chi connectivity index (χ3v) is 4.63. The van der Waals surface area contributed by atoms with Gasteiger partial charge in [-0.3, -0.25) is 0 Å². The highest BCUT2D eigenvalue weighted by Gasteiger charge is 2.27. The molecule has 2 rings (SSSR count). The lowest BCUT2D eigenvalue weighted by atomic mass is 9.80. The van der Waals surface area contributed by atoms with Gasteiger partial charge in [0.05, 0.1) is 0 Å². The van der Waals surface area contributed by atoms with Gasteiger partial charge in [-0.25, -0.2) is 0 Å². The molecule has 0 spiro atoms. The van der Waals surface area contributed by atoms with Gasteiger partial charge in [-0.15, -0.1) is 0 Å². The molecule has 2 nitrogen and oxygen atoms in total. The van der Waals surface area contributed by atoms with Crippen molar-refractivity contribution in [1.29, 1.82) is 0 Å². The Hall–Kier alpha value is -1.02. The van der Waals surface area contributed by atoms with Crippen molar-refractivity contribution in [2.24, 2.45) is 5.73 Å². The van der Waals surface area contributed by atoms with E-state index in [4.69, 9.17) is 5.73 Å². The maximum Gasteiger partial charge on any atom is 0.0366 e. The van der Waals surface area contributed by atoms with Gasteiger partial charge in [0.25, 0.3) is 0 Å². The highest BCUT2D eigenvalue weighted by Crippen LogP contribution is 2.29. The molecule has 0 saturated heterocycles. The van der Waals surface area contributed by atoms with Crippen LogP contribution < -0.4 is 10.6 Å². The Kier molecular flexibility index (Phi) is 5.90. The molecule has 112 valence electrons. The van der Waals surface area contributed by atoms with Crippen molar-refractivity contribution in [2.45, 2.75) is 63.8 Å². The molecular weight excluding hydrogens is 244 g/mol. The van der Waals surface area contributed by atoms with Gasteiger partial charge in [0.2, 0.25) is 0 Å². The molecule has 1 aliphatic rings. The van der Waals surface area contributed by atoms with Gasteiger partial charge in [0.1, 0.15) is 0 Å². The molecule has 0 aromatic heterocycles. The summed E-state index contributed by atoms with van der Waals surface area (Å²) in [6.07, 6.45) is 10.1. The second-order valence-electron chi connectivity index (χ2n) is 6.35. The lowest BCUT2D eigenvalue weighted by Crippen LogP contribution is -2.44. The number of para-hydroxylation sites is 1. The Labute approximate surface area is 124 Å². The van der Waals surface area contributed by atoms with Crippen LogP contribution in [-0.4, -0.2) is 18.6 Å². The van der Waals surface area contributed by atoms with Crippen LogP contribution in [0.5, 0.6) is 0 Å². The van der Waals surface area contributed by atoms with Crippen LogP contribution >= 0.6 is 0 Å². The number of hydrogen-bond donors (Lipinski definition) is 1. The maximum absolute atomic E-state index is 6.59. The Morgan fingerprint density at radius 2 is 1.75 bits per heavy atom. The zero-order chi connectivity index (χ0) is 14.3. The van der Waals surface area contributed by atoms with Gasteiger partial charge in [0, 0.05) is 24.3 Å². The molecular formula is C18H30N2. The van der Waals surface area contributed by atoms with Crippen LogP contribution in [0.3, 0.4) is 0 Å². The normalized spacial score (nSPS) is 17.9. The van der Waals surface area contributed by atoms with E-state index < -0.39 is 0 Å². The van der Waals surface area contributed by atoms with Crippen molar-refractivity contribution < 1.29 is 0 Å². The van der Waals surface area contributed by atoms with Crippen LogP contribution in [0, 0.1) is 0 Å². The third-order valence-electron chi connectivity index (χ3n) is 4.63. The molecule has 0 bridgehead atoms. The standard InChI is InChI=1S/C18H30N2/c1-2-3-15-20(17-10-6-4-7-11-17)16-14-18(19)12-8-5-9-13-18/h4,6-7,10-11H,2-3,5,8-9,12-16,19H2,1H3. The fourth-order valence-electron chi connectivity index (χ4n) is 3.22. The lowest BCUT2D eigenvalue weighted by Gasteiger charge is -2.36. The molecule has 2 N–H and O–H groups in total. The Balaban J connectivity index is 1.93. The molecule has 1 aromatic rings. The highest BCUT2D eigenvalue weighted by atomic mass is 15.1. The van der Waals surface area contributed by atoms with E-state index >= 15 is 0 Å². The second-order valence-corrected chi connectivity index (χ2v) is 6.35. The first kappa shape index (κ1) is 15.4. The van der Waals surface area contributed by atoms with Crippen molar-refractivity contribution in [2.75, 3.05) is 18.0 Å². The number of nitrogens with two attached hydrogens (primary N) is 1. The van der Waals surface area contributed by atoms with Gasteiger partial charge in [-0.2, -0.15) is 0 Å². The van der Waals surface area contributed by atoms with Gasteiger partial charge in [0.15, 0.2) is 0 Å². The summed E-state index contributed by atoms with van der Waals surface area (Å²) >= 11 is 0. The van der Waals surface area contributed by atoms with Gasteiger partial charge in [-0.05, 0) is 37.8 Å². The average Bonchev–Trinajstić information content (AvgIpc) is 2.49. The summed E-state index contributed by atoms with van der Waals surface area (Å²) in [5, 5.41) is 0. The van der Waals surface area contributed by atoms with Crippen LogP contribution in [0.1, 0.15) is 58.3 Å². The van der Waals surface area contributed by atoms with E-state index in [0.717, 1.165) is 19.5 Å². The smallest absolute Gasteiger partial charge is 0.0366 e. The van der Waals surface area contributed by atoms with Crippen molar-refractivity contribution >= 4 is 5.69 Å². The highest BCUT2D eigenvalue weighted by molar-refractivity contribution is 5.45. The first-order valence-corrected chi connectivity index (χ1v) is 8.32. The largest absolute Gasteiger partial charge is 0.371 e. The fourth-order valence-corrected chi connectivity index (χ4v) is 3.22. The predicted molar refractivity (Wildman–Crippen MR) is 88.2 cm³/mol. The molecule has 1 fully saturated rings. The van der Waals surface area contributed by atoms with Crippen molar-refractivity contribution in [3.63, 3.8) is 0 Å². The van der Waals surface area contributed by atoms with Crippen LogP contribution in [0.25, 0.3) is 0 Å². The van der Waals surface area contributed by atoms with Crippen LogP contribution in [0.15, 0.2) is 30.3 Å². The molecule has 1 saturated carbocycles. The van der Waals surface area contributed by atoms with E-state index in [9.17, 15) is 0 Å². The van der Waals surface area contributed by atoms with E-state index in [1.54, 1.807) is 0 Å². The molecule has 0 atom stereocenters. The van der Waals surface area contributed by atoms with Crippen LogP contribution in [-0.2, 0) is 0 Å². The SMILES string of the molecule is CCCCN(CCC1(N)CCCCC1)c1ccccc1. The molecule has 1 aliphatic carbocycles. The van der Waals surface area contributed by atoms with Crippen molar-refractivity contribution in [1.82, 2.24) is 0 Å². The number of benzene rings is 1.